The highest BCUT2D eigenvalue weighted by atomic mass is 32.1. The van der Waals surface area contributed by atoms with Gasteiger partial charge in [0.2, 0.25) is 0 Å². The van der Waals surface area contributed by atoms with Crippen LogP contribution >= 0.6 is 12.6 Å². The van der Waals surface area contributed by atoms with Gasteiger partial charge in [0.25, 0.3) is 5.91 Å². The summed E-state index contributed by atoms with van der Waals surface area (Å²) in [5.41, 5.74) is 2.30. The lowest BCUT2D eigenvalue weighted by atomic mass is 10.1. The number of benzene rings is 1. The summed E-state index contributed by atoms with van der Waals surface area (Å²) >= 11 is 4.02. The molecule has 1 aromatic rings. The molecule has 4 heteroatoms. The van der Waals surface area contributed by atoms with Gasteiger partial charge in [-0.2, -0.15) is 12.6 Å². The highest BCUT2D eigenvalue weighted by Gasteiger charge is 2.13. The molecule has 0 saturated heterocycles. The van der Waals surface area contributed by atoms with E-state index < -0.39 is 11.2 Å². The Balaban J connectivity index is 2.78. The van der Waals surface area contributed by atoms with Gasteiger partial charge in [0.1, 0.15) is 5.25 Å². The number of rotatable bonds is 2. The average molecular weight is 183 g/mol. The molecule has 0 aliphatic heterocycles. The Labute approximate surface area is 75.8 Å². The zero-order valence-electron chi connectivity index (χ0n) is 6.27. The second kappa shape index (κ2) is 4.13. The summed E-state index contributed by atoms with van der Waals surface area (Å²) in [6.45, 7) is 0. The van der Waals surface area contributed by atoms with Crippen molar-refractivity contribution >= 4 is 18.5 Å². The van der Waals surface area contributed by atoms with E-state index in [2.05, 4.69) is 12.6 Å². The molecule has 0 spiro atoms. The van der Waals surface area contributed by atoms with E-state index in [1.807, 2.05) is 18.2 Å². The van der Waals surface area contributed by atoms with Gasteiger partial charge < -0.3 is 0 Å². The van der Waals surface area contributed by atoms with E-state index >= 15 is 0 Å². The minimum atomic E-state index is -0.615. The van der Waals surface area contributed by atoms with Crippen molar-refractivity contribution < 1.29 is 10.0 Å². The van der Waals surface area contributed by atoms with E-state index in [9.17, 15) is 4.79 Å². The molecule has 1 amide bonds. The fourth-order valence-electron chi connectivity index (χ4n) is 0.848. The van der Waals surface area contributed by atoms with Crippen LogP contribution in [0, 0.1) is 0 Å². The number of amides is 1. The first-order valence-electron chi connectivity index (χ1n) is 3.42. The van der Waals surface area contributed by atoms with Crippen LogP contribution in [0.5, 0.6) is 0 Å². The van der Waals surface area contributed by atoms with Crippen LogP contribution in [-0.2, 0) is 4.79 Å². The Bertz CT molecular complexity index is 263. The Hall–Kier alpha value is -1.00. The predicted octanol–water partition coefficient (Wildman–Crippen LogP) is 1.16. The highest BCUT2D eigenvalue weighted by Crippen LogP contribution is 2.18. The van der Waals surface area contributed by atoms with Gasteiger partial charge in [0.15, 0.2) is 0 Å². The van der Waals surface area contributed by atoms with Crippen LogP contribution in [0.2, 0.25) is 0 Å². The average Bonchev–Trinajstić information content (AvgIpc) is 2.17. The van der Waals surface area contributed by atoms with Crippen molar-refractivity contribution in [3.63, 3.8) is 0 Å². The van der Waals surface area contributed by atoms with Crippen molar-refractivity contribution in [1.82, 2.24) is 5.48 Å². The van der Waals surface area contributed by atoms with E-state index in [1.165, 1.54) is 0 Å². The van der Waals surface area contributed by atoms with Gasteiger partial charge in [-0.1, -0.05) is 30.3 Å². The molecule has 1 unspecified atom stereocenters. The van der Waals surface area contributed by atoms with Crippen molar-refractivity contribution in [3.05, 3.63) is 35.9 Å². The molecule has 0 fully saturated rings. The highest BCUT2D eigenvalue weighted by molar-refractivity contribution is 7.81. The molecule has 1 atom stereocenters. The van der Waals surface area contributed by atoms with Crippen LogP contribution in [0.1, 0.15) is 10.8 Å². The molecule has 0 aromatic heterocycles. The summed E-state index contributed by atoms with van der Waals surface area (Å²) in [4.78, 5) is 10.9. The van der Waals surface area contributed by atoms with Crippen LogP contribution in [0.25, 0.3) is 0 Å². The van der Waals surface area contributed by atoms with E-state index in [-0.39, 0.29) is 0 Å². The summed E-state index contributed by atoms with van der Waals surface area (Å²) in [7, 11) is 0. The van der Waals surface area contributed by atoms with Crippen LogP contribution in [0.3, 0.4) is 0 Å². The second-order valence-electron chi connectivity index (χ2n) is 2.29. The first-order valence-corrected chi connectivity index (χ1v) is 3.94. The predicted molar refractivity (Wildman–Crippen MR) is 48.1 cm³/mol. The monoisotopic (exact) mass is 183 g/mol. The number of hydrogen-bond acceptors (Lipinski definition) is 3. The second-order valence-corrected chi connectivity index (χ2v) is 2.81. The molecule has 0 radical (unpaired) electrons. The summed E-state index contributed by atoms with van der Waals surface area (Å²) in [6.07, 6.45) is 0. The first kappa shape index (κ1) is 9.09. The molecule has 64 valence electrons. The molecule has 2 N–H and O–H groups in total. The van der Waals surface area contributed by atoms with Crippen molar-refractivity contribution in [2.24, 2.45) is 0 Å². The first-order chi connectivity index (χ1) is 5.75. The molecule has 0 aliphatic rings. The van der Waals surface area contributed by atoms with Gasteiger partial charge in [0.05, 0.1) is 0 Å². The lowest BCUT2D eigenvalue weighted by Gasteiger charge is -2.07. The molecule has 0 bridgehead atoms. The van der Waals surface area contributed by atoms with E-state index in [1.54, 1.807) is 17.6 Å². The minimum absolute atomic E-state index is 0.524. The van der Waals surface area contributed by atoms with Crippen LogP contribution in [0.15, 0.2) is 30.3 Å². The molecule has 3 nitrogen and oxygen atoms in total. The standard InChI is InChI=1S/C8H9NO2S/c10-8(9-11)7(12)6-4-2-1-3-5-6/h1-5,7,11-12H,(H,9,10). The number of carbonyl (C=O) groups excluding carboxylic acids is 1. The largest absolute Gasteiger partial charge is 0.289 e. The molecule has 0 saturated carbocycles. The van der Waals surface area contributed by atoms with Gasteiger partial charge in [-0.15, -0.1) is 0 Å². The van der Waals surface area contributed by atoms with Gasteiger partial charge in [-0.3, -0.25) is 10.0 Å². The zero-order chi connectivity index (χ0) is 8.97. The van der Waals surface area contributed by atoms with Crippen molar-refractivity contribution in [2.45, 2.75) is 5.25 Å². The minimum Gasteiger partial charge on any atom is -0.289 e. The van der Waals surface area contributed by atoms with Gasteiger partial charge in [-0.05, 0) is 5.56 Å². The number of nitrogens with one attached hydrogen (secondary N) is 1. The smallest absolute Gasteiger partial charge is 0.260 e. The lowest BCUT2D eigenvalue weighted by Crippen LogP contribution is -2.23. The lowest BCUT2D eigenvalue weighted by molar-refractivity contribution is -0.128. The quantitative estimate of drug-likeness (QED) is 0.366. The number of hydroxylamine groups is 1. The van der Waals surface area contributed by atoms with Crippen molar-refractivity contribution in [3.8, 4) is 0 Å². The zero-order valence-corrected chi connectivity index (χ0v) is 7.16. The molecule has 1 rings (SSSR count). The van der Waals surface area contributed by atoms with E-state index in [0.29, 0.717) is 0 Å². The molecule has 1 aromatic carbocycles. The maximum Gasteiger partial charge on any atom is 0.260 e. The third-order valence-corrected chi connectivity index (χ3v) is 2.01. The maximum atomic E-state index is 10.9. The fraction of sp³-hybridized carbons (Fsp3) is 0.125. The Kier molecular flexibility index (Phi) is 3.13. The molecule has 0 heterocycles. The Morgan fingerprint density at radius 1 is 1.42 bits per heavy atom. The third-order valence-electron chi connectivity index (χ3n) is 1.47. The van der Waals surface area contributed by atoms with Crippen LogP contribution < -0.4 is 5.48 Å². The van der Waals surface area contributed by atoms with Gasteiger partial charge in [0, 0.05) is 0 Å². The molecular formula is C8H9NO2S. The maximum absolute atomic E-state index is 10.9. The number of thiol groups is 1. The van der Waals surface area contributed by atoms with Gasteiger partial charge in [-0.25, -0.2) is 5.48 Å². The topological polar surface area (TPSA) is 49.3 Å². The van der Waals surface area contributed by atoms with Crippen molar-refractivity contribution in [2.75, 3.05) is 0 Å². The molecule has 0 aliphatic carbocycles. The number of hydrogen-bond donors (Lipinski definition) is 3. The Morgan fingerprint density at radius 3 is 2.50 bits per heavy atom. The van der Waals surface area contributed by atoms with E-state index in [0.717, 1.165) is 5.56 Å². The molecular weight excluding hydrogens is 174 g/mol. The summed E-state index contributed by atoms with van der Waals surface area (Å²) in [5.74, 6) is -0.524. The fourth-order valence-corrected chi connectivity index (χ4v) is 1.08. The summed E-state index contributed by atoms with van der Waals surface area (Å²) in [5, 5.41) is 7.70. The van der Waals surface area contributed by atoms with Gasteiger partial charge >= 0.3 is 0 Å². The summed E-state index contributed by atoms with van der Waals surface area (Å²) in [6, 6.07) is 9.01. The van der Waals surface area contributed by atoms with Crippen molar-refractivity contribution in [1.29, 1.82) is 0 Å². The summed E-state index contributed by atoms with van der Waals surface area (Å²) < 4.78 is 0. The molecule has 12 heavy (non-hydrogen) atoms. The SMILES string of the molecule is O=C(NO)C(S)c1ccccc1. The third kappa shape index (κ3) is 1.99. The Morgan fingerprint density at radius 2 is 2.00 bits per heavy atom. The van der Waals surface area contributed by atoms with Crippen LogP contribution in [0.4, 0.5) is 0 Å². The van der Waals surface area contributed by atoms with E-state index in [4.69, 9.17) is 5.21 Å². The normalized spacial score (nSPS) is 12.2. The number of carbonyl (C=O) groups is 1. The van der Waals surface area contributed by atoms with Crippen LogP contribution in [-0.4, -0.2) is 11.1 Å².